The molecule has 6 nitrogen and oxygen atoms in total. The molecule has 0 amide bonds. The first kappa shape index (κ1) is 28.7. The van der Waals surface area contributed by atoms with Gasteiger partial charge in [0.1, 0.15) is 23.9 Å². The number of ether oxygens (including phenoxy) is 2. The Morgan fingerprint density at radius 3 is 2.44 bits per heavy atom. The van der Waals surface area contributed by atoms with Crippen molar-refractivity contribution < 1.29 is 23.0 Å². The fourth-order valence-corrected chi connectivity index (χ4v) is 4.99. The second-order valence-corrected chi connectivity index (χ2v) is 9.89. The molecule has 0 saturated carbocycles. The average molecular weight is 538 g/mol. The van der Waals surface area contributed by atoms with E-state index in [0.717, 1.165) is 23.7 Å². The summed E-state index contributed by atoms with van der Waals surface area (Å²) in [6.45, 7) is 6.99. The predicted molar refractivity (Wildman–Crippen MR) is 149 cm³/mol. The molecule has 1 fully saturated rings. The molecule has 0 radical (unpaired) electrons. The normalized spacial score (nSPS) is 15.2. The van der Waals surface area contributed by atoms with E-state index in [4.69, 9.17) is 15.2 Å². The zero-order valence-corrected chi connectivity index (χ0v) is 22.6. The number of hydrogen-bond acceptors (Lipinski definition) is 6. The predicted octanol–water partition coefficient (Wildman–Crippen LogP) is 5.28. The van der Waals surface area contributed by atoms with Gasteiger partial charge in [-0.2, -0.15) is 0 Å². The highest BCUT2D eigenvalue weighted by molar-refractivity contribution is 5.86. The molecular formula is C31H37F2N3O3. The maximum Gasteiger partial charge on any atom is 0.332 e. The molecule has 4 rings (SSSR count). The Balaban J connectivity index is 1.59. The number of aryl methyl sites for hydroxylation is 1. The van der Waals surface area contributed by atoms with Gasteiger partial charge in [0.25, 0.3) is 0 Å². The monoisotopic (exact) mass is 537 g/mol. The second-order valence-electron chi connectivity index (χ2n) is 9.89. The van der Waals surface area contributed by atoms with E-state index in [9.17, 15) is 13.6 Å². The van der Waals surface area contributed by atoms with E-state index in [1.807, 2.05) is 31.2 Å². The number of nitrogens with one attached hydrogen (secondary N) is 1. The number of morpholine rings is 1. The number of rotatable bonds is 11. The highest BCUT2D eigenvalue weighted by atomic mass is 19.1. The van der Waals surface area contributed by atoms with Crippen molar-refractivity contribution in [1.82, 2.24) is 5.32 Å². The molecule has 1 heterocycles. The lowest BCUT2D eigenvalue weighted by Crippen LogP contribution is -2.47. The van der Waals surface area contributed by atoms with Crippen LogP contribution in [-0.4, -0.2) is 39.0 Å². The summed E-state index contributed by atoms with van der Waals surface area (Å²) in [7, 11) is 0. The van der Waals surface area contributed by atoms with E-state index in [0.29, 0.717) is 62.4 Å². The summed E-state index contributed by atoms with van der Waals surface area (Å²) in [5.41, 5.74) is 9.97. The number of nitrogens with zero attached hydrogens (tertiary/aromatic N) is 1. The summed E-state index contributed by atoms with van der Waals surface area (Å²) >= 11 is 0. The maximum absolute atomic E-state index is 14.2. The molecule has 208 valence electrons. The van der Waals surface area contributed by atoms with Gasteiger partial charge in [0.05, 0.1) is 13.2 Å². The standard InChI is InChI=1S/C31H37F2N3O3/c1-3-10-31(34,30(37)39-21-35-20-23-7-5-6-22(4-2)15-23)25-8-9-29(36-11-13-38-14-12-36)28(18-25)24-16-26(32)19-27(33)17-24/h5-9,15-19,35H,3-4,10-14,20-21,34H2,1-2H3/t31-/m0/s1. The van der Waals surface area contributed by atoms with Crippen LogP contribution in [-0.2, 0) is 32.8 Å². The minimum atomic E-state index is -1.43. The van der Waals surface area contributed by atoms with E-state index in [2.05, 4.69) is 29.3 Å². The van der Waals surface area contributed by atoms with Crippen molar-refractivity contribution in [3.8, 4) is 11.1 Å². The molecule has 3 aromatic rings. The average Bonchev–Trinajstić information content (AvgIpc) is 2.95. The molecule has 1 aliphatic heterocycles. The number of esters is 1. The molecule has 0 aromatic heterocycles. The number of carbonyl (C=O) groups is 1. The van der Waals surface area contributed by atoms with Gasteiger partial charge in [-0.25, -0.2) is 13.6 Å². The van der Waals surface area contributed by atoms with Crippen LogP contribution in [0.15, 0.2) is 60.7 Å². The lowest BCUT2D eigenvalue weighted by atomic mass is 9.84. The van der Waals surface area contributed by atoms with Crippen LogP contribution in [0, 0.1) is 11.6 Å². The lowest BCUT2D eigenvalue weighted by Gasteiger charge is -2.33. The fraction of sp³-hybridized carbons (Fsp3) is 0.387. The molecule has 0 aliphatic carbocycles. The van der Waals surface area contributed by atoms with Gasteiger partial charge < -0.3 is 20.1 Å². The van der Waals surface area contributed by atoms with Crippen LogP contribution in [0.2, 0.25) is 0 Å². The van der Waals surface area contributed by atoms with Crippen molar-refractivity contribution in [3.05, 3.63) is 89.0 Å². The Hall–Kier alpha value is -3.33. The molecule has 1 saturated heterocycles. The molecule has 1 aliphatic rings. The van der Waals surface area contributed by atoms with Gasteiger partial charge in [-0.3, -0.25) is 5.32 Å². The smallest absolute Gasteiger partial charge is 0.332 e. The largest absolute Gasteiger partial charge is 0.448 e. The summed E-state index contributed by atoms with van der Waals surface area (Å²) in [4.78, 5) is 15.5. The van der Waals surface area contributed by atoms with Crippen LogP contribution >= 0.6 is 0 Å². The fourth-order valence-electron chi connectivity index (χ4n) is 4.99. The van der Waals surface area contributed by atoms with Crippen molar-refractivity contribution >= 4 is 11.7 Å². The van der Waals surface area contributed by atoms with Crippen LogP contribution in [0.1, 0.15) is 43.4 Å². The Morgan fingerprint density at radius 1 is 1.03 bits per heavy atom. The Morgan fingerprint density at radius 2 is 1.74 bits per heavy atom. The van der Waals surface area contributed by atoms with Crippen LogP contribution in [0.25, 0.3) is 11.1 Å². The molecule has 39 heavy (non-hydrogen) atoms. The Labute approximate surface area is 229 Å². The van der Waals surface area contributed by atoms with Crippen molar-refractivity contribution in [1.29, 1.82) is 0 Å². The van der Waals surface area contributed by atoms with Gasteiger partial charge >= 0.3 is 5.97 Å². The van der Waals surface area contributed by atoms with Crippen molar-refractivity contribution in [3.63, 3.8) is 0 Å². The maximum atomic E-state index is 14.2. The zero-order chi connectivity index (χ0) is 27.8. The van der Waals surface area contributed by atoms with E-state index >= 15 is 0 Å². The first-order chi connectivity index (χ1) is 18.8. The van der Waals surface area contributed by atoms with Gasteiger partial charge in [0.2, 0.25) is 0 Å². The molecule has 8 heteroatoms. The molecule has 0 spiro atoms. The summed E-state index contributed by atoms with van der Waals surface area (Å²) in [5.74, 6) is -1.91. The van der Waals surface area contributed by atoms with Gasteiger partial charge in [-0.05, 0) is 59.4 Å². The number of anilines is 1. The van der Waals surface area contributed by atoms with Crippen LogP contribution in [0.4, 0.5) is 14.5 Å². The van der Waals surface area contributed by atoms with Gasteiger partial charge in [0.15, 0.2) is 0 Å². The second kappa shape index (κ2) is 13.2. The first-order valence-corrected chi connectivity index (χ1v) is 13.5. The van der Waals surface area contributed by atoms with Crippen molar-refractivity contribution in [2.75, 3.05) is 37.9 Å². The van der Waals surface area contributed by atoms with Crippen molar-refractivity contribution in [2.45, 2.75) is 45.2 Å². The number of carbonyl (C=O) groups excluding carboxylic acids is 1. The summed E-state index contributed by atoms with van der Waals surface area (Å²) in [6, 6.07) is 17.1. The third-order valence-corrected chi connectivity index (χ3v) is 7.08. The quantitative estimate of drug-likeness (QED) is 0.197. The van der Waals surface area contributed by atoms with Crippen LogP contribution in [0.3, 0.4) is 0 Å². The lowest BCUT2D eigenvalue weighted by molar-refractivity contribution is -0.151. The molecule has 0 bridgehead atoms. The molecular weight excluding hydrogens is 500 g/mol. The minimum Gasteiger partial charge on any atom is -0.448 e. The molecule has 3 aromatic carbocycles. The summed E-state index contributed by atoms with van der Waals surface area (Å²) < 4.78 is 39.5. The molecule has 0 unspecified atom stereocenters. The van der Waals surface area contributed by atoms with Crippen molar-refractivity contribution in [2.24, 2.45) is 5.73 Å². The van der Waals surface area contributed by atoms with E-state index in [1.165, 1.54) is 17.7 Å². The van der Waals surface area contributed by atoms with Gasteiger partial charge in [-0.15, -0.1) is 0 Å². The highest BCUT2D eigenvalue weighted by Gasteiger charge is 2.37. The Bertz CT molecular complexity index is 1260. The minimum absolute atomic E-state index is 0.00563. The van der Waals surface area contributed by atoms with Gasteiger partial charge in [0, 0.05) is 37.0 Å². The summed E-state index contributed by atoms with van der Waals surface area (Å²) in [5, 5.41) is 3.15. The number of halogens is 2. The summed E-state index contributed by atoms with van der Waals surface area (Å²) in [6.07, 6.45) is 1.93. The SMILES string of the molecule is CCC[C@@](N)(C(=O)OCNCc1cccc(CC)c1)c1ccc(N2CCOCC2)c(-c2cc(F)cc(F)c2)c1. The number of hydrogen-bond donors (Lipinski definition) is 2. The van der Waals surface area contributed by atoms with E-state index in [1.54, 1.807) is 6.07 Å². The molecule has 1 atom stereocenters. The topological polar surface area (TPSA) is 76.8 Å². The Kier molecular flexibility index (Phi) is 9.67. The third-order valence-electron chi connectivity index (χ3n) is 7.08. The number of benzene rings is 3. The third kappa shape index (κ3) is 7.01. The van der Waals surface area contributed by atoms with E-state index in [-0.39, 0.29) is 6.73 Å². The number of nitrogens with two attached hydrogens (primary N) is 1. The van der Waals surface area contributed by atoms with Crippen LogP contribution in [0.5, 0.6) is 0 Å². The zero-order valence-electron chi connectivity index (χ0n) is 22.6. The van der Waals surface area contributed by atoms with E-state index < -0.39 is 23.1 Å². The van der Waals surface area contributed by atoms with Crippen LogP contribution < -0.4 is 16.0 Å². The first-order valence-electron chi connectivity index (χ1n) is 13.5. The molecule has 3 N–H and O–H groups in total. The highest BCUT2D eigenvalue weighted by Crippen LogP contribution is 2.37. The van der Waals surface area contributed by atoms with Gasteiger partial charge in [-0.1, -0.05) is 50.6 Å².